The number of hydrogen-bond donors (Lipinski definition) is 1. The minimum Gasteiger partial charge on any atom is -0.358 e. The molecule has 0 amide bonds. The number of benzene rings is 1. The maximum absolute atomic E-state index is 3.60. The Bertz CT molecular complexity index is 700. The van der Waals surface area contributed by atoms with Crippen molar-refractivity contribution in [3.63, 3.8) is 0 Å². The summed E-state index contributed by atoms with van der Waals surface area (Å²) in [4.78, 5) is 3.60. The van der Waals surface area contributed by atoms with Crippen LogP contribution in [0.3, 0.4) is 0 Å². The van der Waals surface area contributed by atoms with E-state index in [0.717, 1.165) is 6.42 Å². The zero-order valence-corrected chi connectivity index (χ0v) is 15.5. The van der Waals surface area contributed by atoms with Crippen molar-refractivity contribution in [3.8, 4) is 0 Å². The molecule has 1 nitrogen and oxygen atoms in total. The molecule has 0 atom stereocenters. The predicted molar refractivity (Wildman–Crippen MR) is 99.5 cm³/mol. The van der Waals surface area contributed by atoms with Gasteiger partial charge in [-0.3, -0.25) is 0 Å². The quantitative estimate of drug-likeness (QED) is 0.653. The van der Waals surface area contributed by atoms with Gasteiger partial charge >= 0.3 is 0 Å². The molecule has 1 heterocycles. The predicted octanol–water partition coefficient (Wildman–Crippen LogP) is 6.48. The smallest absolute Gasteiger partial charge is 0.0462 e. The first-order chi connectivity index (χ1) is 10.0. The fourth-order valence-electron chi connectivity index (χ4n) is 2.61. The van der Waals surface area contributed by atoms with Gasteiger partial charge in [-0.05, 0) is 41.9 Å². The highest BCUT2D eigenvalue weighted by Gasteiger charge is 2.18. The number of rotatable bonds is 2. The Morgan fingerprint density at radius 1 is 1.09 bits per heavy atom. The summed E-state index contributed by atoms with van der Waals surface area (Å²) < 4.78 is 0. The van der Waals surface area contributed by atoms with Crippen LogP contribution in [-0.4, -0.2) is 4.98 Å². The zero-order chi connectivity index (χ0) is 16.7. The summed E-state index contributed by atoms with van der Waals surface area (Å²) in [6.07, 6.45) is 3.41. The minimum atomic E-state index is 0.178. The Labute approximate surface area is 135 Å². The van der Waals surface area contributed by atoms with E-state index in [1.54, 1.807) is 0 Å². The molecule has 22 heavy (non-hydrogen) atoms. The van der Waals surface area contributed by atoms with E-state index in [4.69, 9.17) is 0 Å². The molecule has 1 heteroatoms. The van der Waals surface area contributed by atoms with Gasteiger partial charge in [0.25, 0.3) is 0 Å². The molecule has 0 aliphatic heterocycles. The molecule has 1 aromatic carbocycles. The Balaban J connectivity index is 2.70. The van der Waals surface area contributed by atoms with Crippen molar-refractivity contribution in [2.75, 3.05) is 0 Å². The molecule has 2 aromatic rings. The SMILES string of the molecule is CCc1[nH]c2ccc(C(C)(C)C)cc2c1/C=C(\C)C(C)(C)C. The Hall–Kier alpha value is -1.50. The molecule has 0 bridgehead atoms. The highest BCUT2D eigenvalue weighted by molar-refractivity contribution is 5.91. The van der Waals surface area contributed by atoms with E-state index in [2.05, 4.69) is 84.6 Å². The van der Waals surface area contributed by atoms with E-state index in [0.29, 0.717) is 0 Å². The van der Waals surface area contributed by atoms with Gasteiger partial charge in [-0.2, -0.15) is 0 Å². The number of hydrogen-bond acceptors (Lipinski definition) is 0. The summed E-state index contributed by atoms with van der Waals surface area (Å²) in [5.41, 5.74) is 7.15. The molecule has 1 N–H and O–H groups in total. The average Bonchev–Trinajstić information content (AvgIpc) is 2.74. The van der Waals surface area contributed by atoms with Crippen molar-refractivity contribution in [1.29, 1.82) is 0 Å². The first-order valence-electron chi connectivity index (χ1n) is 8.38. The summed E-state index contributed by atoms with van der Waals surface area (Å²) in [7, 11) is 0. The van der Waals surface area contributed by atoms with E-state index in [-0.39, 0.29) is 10.8 Å². The lowest BCUT2D eigenvalue weighted by molar-refractivity contribution is 0.508. The van der Waals surface area contributed by atoms with Gasteiger partial charge in [0.05, 0.1) is 0 Å². The second kappa shape index (κ2) is 5.61. The molecular formula is C21H31N. The summed E-state index contributed by atoms with van der Waals surface area (Å²) in [6.45, 7) is 18.1. The van der Waals surface area contributed by atoms with Gasteiger partial charge in [-0.25, -0.2) is 0 Å². The van der Waals surface area contributed by atoms with Gasteiger partial charge in [-0.1, -0.05) is 66.2 Å². The fraction of sp³-hybridized carbons (Fsp3) is 0.524. The normalized spacial score (nSPS) is 13.9. The zero-order valence-electron chi connectivity index (χ0n) is 15.5. The van der Waals surface area contributed by atoms with Crippen LogP contribution in [0.1, 0.15) is 72.2 Å². The standard InChI is InChI=1S/C21H31N/c1-9-18-16(12-14(2)20(3,4)5)17-13-15(21(6,7)8)10-11-19(17)22-18/h10-13,22H,9H2,1-8H3/b14-12+. The maximum atomic E-state index is 3.60. The van der Waals surface area contributed by atoms with E-state index in [1.807, 2.05) is 0 Å². The van der Waals surface area contributed by atoms with Gasteiger partial charge < -0.3 is 4.98 Å². The highest BCUT2D eigenvalue weighted by atomic mass is 14.7. The summed E-state index contributed by atoms with van der Waals surface area (Å²) in [5, 5.41) is 1.35. The molecule has 0 saturated heterocycles. The molecule has 120 valence electrons. The van der Waals surface area contributed by atoms with Gasteiger partial charge in [0.2, 0.25) is 0 Å². The van der Waals surface area contributed by atoms with Crippen molar-refractivity contribution >= 4 is 17.0 Å². The minimum absolute atomic E-state index is 0.178. The number of nitrogens with one attached hydrogen (secondary N) is 1. The molecular weight excluding hydrogens is 266 g/mol. The first-order valence-corrected chi connectivity index (χ1v) is 8.38. The number of allylic oxidation sites excluding steroid dienone is 1. The monoisotopic (exact) mass is 297 g/mol. The van der Waals surface area contributed by atoms with Crippen LogP contribution in [-0.2, 0) is 11.8 Å². The molecule has 0 saturated carbocycles. The topological polar surface area (TPSA) is 15.8 Å². The molecule has 0 fully saturated rings. The fourth-order valence-corrected chi connectivity index (χ4v) is 2.61. The molecule has 0 spiro atoms. The van der Waals surface area contributed by atoms with Crippen molar-refractivity contribution in [1.82, 2.24) is 4.98 Å². The Kier molecular flexibility index (Phi) is 4.30. The van der Waals surface area contributed by atoms with E-state index >= 15 is 0 Å². The van der Waals surface area contributed by atoms with Gasteiger partial charge in [0.1, 0.15) is 0 Å². The second-order valence-electron chi connectivity index (χ2n) is 8.46. The van der Waals surface area contributed by atoms with Crippen LogP contribution in [0.15, 0.2) is 23.8 Å². The number of H-pyrrole nitrogens is 1. The number of aromatic nitrogens is 1. The molecule has 2 rings (SSSR count). The molecule has 1 aromatic heterocycles. The maximum Gasteiger partial charge on any atom is 0.0462 e. The lowest BCUT2D eigenvalue weighted by atomic mass is 9.84. The Morgan fingerprint density at radius 3 is 2.23 bits per heavy atom. The van der Waals surface area contributed by atoms with Crippen LogP contribution >= 0.6 is 0 Å². The van der Waals surface area contributed by atoms with Crippen LogP contribution in [0.25, 0.3) is 17.0 Å². The van der Waals surface area contributed by atoms with E-state index < -0.39 is 0 Å². The van der Waals surface area contributed by atoms with Crippen molar-refractivity contribution in [2.45, 2.75) is 67.2 Å². The number of fused-ring (bicyclic) bond motifs is 1. The lowest BCUT2D eigenvalue weighted by Gasteiger charge is -2.20. The van der Waals surface area contributed by atoms with E-state index in [9.17, 15) is 0 Å². The van der Waals surface area contributed by atoms with Crippen LogP contribution in [0.4, 0.5) is 0 Å². The second-order valence-corrected chi connectivity index (χ2v) is 8.46. The van der Waals surface area contributed by atoms with Gasteiger partial charge in [0, 0.05) is 22.2 Å². The molecule has 0 aliphatic carbocycles. The number of aryl methyl sites for hydroxylation is 1. The van der Waals surface area contributed by atoms with Crippen LogP contribution in [0, 0.1) is 5.41 Å². The number of aromatic amines is 1. The van der Waals surface area contributed by atoms with Crippen LogP contribution < -0.4 is 0 Å². The largest absolute Gasteiger partial charge is 0.358 e. The van der Waals surface area contributed by atoms with Crippen molar-refractivity contribution in [3.05, 3.63) is 40.6 Å². The molecule has 0 radical (unpaired) electrons. The first kappa shape index (κ1) is 16.9. The third-order valence-corrected chi connectivity index (χ3v) is 4.68. The Morgan fingerprint density at radius 2 is 1.73 bits per heavy atom. The van der Waals surface area contributed by atoms with Crippen LogP contribution in [0.5, 0.6) is 0 Å². The summed E-state index contributed by atoms with van der Waals surface area (Å²) >= 11 is 0. The van der Waals surface area contributed by atoms with Crippen molar-refractivity contribution in [2.24, 2.45) is 5.41 Å². The van der Waals surface area contributed by atoms with Gasteiger partial charge in [0.15, 0.2) is 0 Å². The lowest BCUT2D eigenvalue weighted by Crippen LogP contribution is -2.10. The average molecular weight is 297 g/mol. The third kappa shape index (κ3) is 3.29. The summed E-state index contributed by atoms with van der Waals surface area (Å²) in [6, 6.07) is 6.86. The molecule has 0 unspecified atom stereocenters. The van der Waals surface area contributed by atoms with E-state index in [1.165, 1.54) is 33.3 Å². The summed E-state index contributed by atoms with van der Waals surface area (Å²) in [5.74, 6) is 0. The third-order valence-electron chi connectivity index (χ3n) is 4.68. The van der Waals surface area contributed by atoms with Gasteiger partial charge in [-0.15, -0.1) is 0 Å². The van der Waals surface area contributed by atoms with Crippen molar-refractivity contribution < 1.29 is 0 Å². The van der Waals surface area contributed by atoms with Crippen LogP contribution in [0.2, 0.25) is 0 Å². The highest BCUT2D eigenvalue weighted by Crippen LogP contribution is 2.33. The molecule has 0 aliphatic rings.